The van der Waals surface area contributed by atoms with Crippen LogP contribution in [0.4, 0.5) is 0 Å². The van der Waals surface area contributed by atoms with Gasteiger partial charge in [0.25, 0.3) is 0 Å². The number of halogens is 2. The largest absolute Gasteiger partial charge is 0.493 e. The standard InChI is InChI=1S/C20H25BrN2O2.ClH/c1-24-19-11-16(13-23-17-7-3-2-4-8-17)10-18(21)20(19)25-14-15-6-5-9-22-12-15;/h5-6,9-12,17,23H,2-4,7-8,13-14H2,1H3;1H. The lowest BCUT2D eigenvalue weighted by Crippen LogP contribution is -2.30. The molecule has 0 atom stereocenters. The van der Waals surface area contributed by atoms with Crippen LogP contribution >= 0.6 is 28.3 Å². The van der Waals surface area contributed by atoms with Crippen molar-refractivity contribution in [3.05, 3.63) is 52.3 Å². The van der Waals surface area contributed by atoms with Crippen LogP contribution in [0, 0.1) is 0 Å². The summed E-state index contributed by atoms with van der Waals surface area (Å²) in [5.41, 5.74) is 2.22. The third kappa shape index (κ3) is 5.86. The maximum atomic E-state index is 5.96. The molecule has 1 aliphatic rings. The molecule has 3 rings (SSSR count). The van der Waals surface area contributed by atoms with Crippen molar-refractivity contribution in [2.75, 3.05) is 7.11 Å². The van der Waals surface area contributed by atoms with Gasteiger partial charge in [-0.2, -0.15) is 0 Å². The first kappa shape index (κ1) is 21.0. The molecule has 0 amide bonds. The Labute approximate surface area is 170 Å². The van der Waals surface area contributed by atoms with Crippen molar-refractivity contribution in [2.24, 2.45) is 0 Å². The normalized spacial score (nSPS) is 14.5. The van der Waals surface area contributed by atoms with Crippen LogP contribution in [-0.2, 0) is 13.2 Å². The lowest BCUT2D eigenvalue weighted by atomic mass is 9.95. The minimum atomic E-state index is 0. The first-order chi connectivity index (χ1) is 12.3. The van der Waals surface area contributed by atoms with Gasteiger partial charge in [-0.25, -0.2) is 0 Å². The van der Waals surface area contributed by atoms with Gasteiger partial charge in [0.15, 0.2) is 11.5 Å². The second kappa shape index (κ2) is 10.8. The van der Waals surface area contributed by atoms with Crippen molar-refractivity contribution in [1.29, 1.82) is 0 Å². The van der Waals surface area contributed by atoms with E-state index in [2.05, 4.69) is 38.4 Å². The number of aromatic nitrogens is 1. The van der Waals surface area contributed by atoms with E-state index in [4.69, 9.17) is 9.47 Å². The van der Waals surface area contributed by atoms with E-state index in [-0.39, 0.29) is 12.4 Å². The third-order valence-corrected chi connectivity index (χ3v) is 5.18. The van der Waals surface area contributed by atoms with Gasteiger partial charge in [-0.1, -0.05) is 25.3 Å². The van der Waals surface area contributed by atoms with Crippen molar-refractivity contribution in [3.8, 4) is 11.5 Å². The highest BCUT2D eigenvalue weighted by Crippen LogP contribution is 2.37. The Kier molecular flexibility index (Phi) is 8.69. The Morgan fingerprint density at radius 2 is 2.00 bits per heavy atom. The highest BCUT2D eigenvalue weighted by molar-refractivity contribution is 9.10. The van der Waals surface area contributed by atoms with E-state index in [9.17, 15) is 0 Å². The van der Waals surface area contributed by atoms with Gasteiger partial charge in [0, 0.05) is 30.5 Å². The number of nitrogens with one attached hydrogen (secondary N) is 1. The fraction of sp³-hybridized carbons (Fsp3) is 0.450. The summed E-state index contributed by atoms with van der Waals surface area (Å²) in [6, 6.07) is 8.71. The number of rotatable bonds is 7. The summed E-state index contributed by atoms with van der Waals surface area (Å²) in [5, 5.41) is 3.67. The zero-order chi connectivity index (χ0) is 17.5. The first-order valence-electron chi connectivity index (χ1n) is 8.88. The Bertz CT molecular complexity index is 679. The molecule has 1 aromatic carbocycles. The molecular formula is C20H26BrClN2O2. The summed E-state index contributed by atoms with van der Waals surface area (Å²) in [5.74, 6) is 1.48. The molecule has 26 heavy (non-hydrogen) atoms. The van der Waals surface area contributed by atoms with Crippen LogP contribution in [-0.4, -0.2) is 18.1 Å². The van der Waals surface area contributed by atoms with Crippen molar-refractivity contribution in [1.82, 2.24) is 10.3 Å². The molecular weight excluding hydrogens is 416 g/mol. The Morgan fingerprint density at radius 3 is 2.69 bits per heavy atom. The SMILES string of the molecule is COc1cc(CNC2CCCCC2)cc(Br)c1OCc1cccnc1.Cl. The van der Waals surface area contributed by atoms with Gasteiger partial charge in [0.2, 0.25) is 0 Å². The molecule has 0 aliphatic heterocycles. The predicted octanol–water partition coefficient (Wildman–Crippen LogP) is 5.28. The van der Waals surface area contributed by atoms with Crippen molar-refractivity contribution in [2.45, 2.75) is 51.3 Å². The Balaban J connectivity index is 0.00000243. The van der Waals surface area contributed by atoms with E-state index in [1.807, 2.05) is 18.3 Å². The Hall–Kier alpha value is -1.30. The molecule has 6 heteroatoms. The molecule has 1 aromatic heterocycles. The summed E-state index contributed by atoms with van der Waals surface area (Å²) in [4.78, 5) is 4.11. The molecule has 1 fully saturated rings. The summed E-state index contributed by atoms with van der Waals surface area (Å²) >= 11 is 3.63. The monoisotopic (exact) mass is 440 g/mol. The highest BCUT2D eigenvalue weighted by Gasteiger charge is 2.15. The molecule has 0 radical (unpaired) electrons. The summed E-state index contributed by atoms with van der Waals surface area (Å²) in [6.07, 6.45) is 10.2. The minimum absolute atomic E-state index is 0. The quantitative estimate of drug-likeness (QED) is 0.635. The van der Waals surface area contributed by atoms with E-state index < -0.39 is 0 Å². The molecule has 142 valence electrons. The predicted molar refractivity (Wildman–Crippen MR) is 110 cm³/mol. The molecule has 1 N–H and O–H groups in total. The fourth-order valence-corrected chi connectivity index (χ4v) is 3.83. The highest BCUT2D eigenvalue weighted by atomic mass is 79.9. The smallest absolute Gasteiger partial charge is 0.175 e. The first-order valence-corrected chi connectivity index (χ1v) is 9.67. The number of pyridine rings is 1. The molecule has 1 heterocycles. The van der Waals surface area contributed by atoms with Crippen LogP contribution in [0.15, 0.2) is 41.1 Å². The number of ether oxygens (including phenoxy) is 2. The molecule has 0 spiro atoms. The zero-order valence-corrected chi connectivity index (χ0v) is 17.4. The van der Waals surface area contributed by atoms with Gasteiger partial charge >= 0.3 is 0 Å². The summed E-state index contributed by atoms with van der Waals surface area (Å²) in [6.45, 7) is 1.31. The molecule has 2 aromatic rings. The number of hydrogen-bond acceptors (Lipinski definition) is 4. The molecule has 4 nitrogen and oxygen atoms in total. The molecule has 1 aliphatic carbocycles. The van der Waals surface area contributed by atoms with E-state index in [0.717, 1.165) is 28.1 Å². The van der Waals surface area contributed by atoms with Gasteiger partial charge in [0.05, 0.1) is 11.6 Å². The van der Waals surface area contributed by atoms with Crippen LogP contribution < -0.4 is 14.8 Å². The van der Waals surface area contributed by atoms with Crippen LogP contribution in [0.1, 0.15) is 43.2 Å². The molecule has 0 saturated heterocycles. The third-order valence-electron chi connectivity index (χ3n) is 4.60. The second-order valence-corrected chi connectivity index (χ2v) is 7.33. The van der Waals surface area contributed by atoms with Crippen LogP contribution in [0.2, 0.25) is 0 Å². The fourth-order valence-electron chi connectivity index (χ4n) is 3.22. The van der Waals surface area contributed by atoms with Gasteiger partial charge in [0.1, 0.15) is 6.61 Å². The van der Waals surface area contributed by atoms with Gasteiger partial charge in [-0.3, -0.25) is 4.98 Å². The van der Waals surface area contributed by atoms with Gasteiger partial charge in [-0.05, 0) is 52.5 Å². The van der Waals surface area contributed by atoms with E-state index in [1.165, 1.54) is 37.7 Å². The topological polar surface area (TPSA) is 43.4 Å². The number of nitrogens with zero attached hydrogens (tertiary/aromatic N) is 1. The number of benzene rings is 1. The van der Waals surface area contributed by atoms with Crippen molar-refractivity contribution in [3.63, 3.8) is 0 Å². The maximum Gasteiger partial charge on any atom is 0.175 e. The van der Waals surface area contributed by atoms with Crippen LogP contribution in [0.25, 0.3) is 0 Å². The van der Waals surface area contributed by atoms with Crippen LogP contribution in [0.5, 0.6) is 11.5 Å². The van der Waals surface area contributed by atoms with Crippen molar-refractivity contribution >= 4 is 28.3 Å². The van der Waals surface area contributed by atoms with Crippen molar-refractivity contribution < 1.29 is 9.47 Å². The zero-order valence-electron chi connectivity index (χ0n) is 15.0. The number of methoxy groups -OCH3 is 1. The van der Waals surface area contributed by atoms with E-state index in [0.29, 0.717) is 12.6 Å². The molecule has 0 bridgehead atoms. The lowest BCUT2D eigenvalue weighted by molar-refractivity contribution is 0.282. The summed E-state index contributed by atoms with van der Waals surface area (Å²) in [7, 11) is 1.68. The average Bonchev–Trinajstić information content (AvgIpc) is 2.66. The minimum Gasteiger partial charge on any atom is -0.493 e. The number of hydrogen-bond donors (Lipinski definition) is 1. The van der Waals surface area contributed by atoms with Crippen LogP contribution in [0.3, 0.4) is 0 Å². The lowest BCUT2D eigenvalue weighted by Gasteiger charge is -2.23. The van der Waals surface area contributed by atoms with Gasteiger partial charge in [-0.15, -0.1) is 12.4 Å². The van der Waals surface area contributed by atoms with Gasteiger partial charge < -0.3 is 14.8 Å². The Morgan fingerprint density at radius 1 is 1.19 bits per heavy atom. The second-order valence-electron chi connectivity index (χ2n) is 6.47. The average molecular weight is 442 g/mol. The van der Waals surface area contributed by atoms with E-state index in [1.54, 1.807) is 13.3 Å². The van der Waals surface area contributed by atoms with E-state index >= 15 is 0 Å². The molecule has 1 saturated carbocycles. The maximum absolute atomic E-state index is 5.96. The summed E-state index contributed by atoms with van der Waals surface area (Å²) < 4.78 is 12.4. The molecule has 0 unspecified atom stereocenters.